The lowest BCUT2D eigenvalue weighted by molar-refractivity contribution is -0.118. The molecule has 0 heterocycles. The predicted octanol–water partition coefficient (Wildman–Crippen LogP) is 2.44. The van der Waals surface area contributed by atoms with E-state index in [4.69, 9.17) is 10.5 Å². The Bertz CT molecular complexity index is 647. The van der Waals surface area contributed by atoms with E-state index < -0.39 is 24.1 Å². The van der Waals surface area contributed by atoms with Crippen LogP contribution in [-0.2, 0) is 11.3 Å². The molecule has 2 rings (SSSR count). The van der Waals surface area contributed by atoms with Gasteiger partial charge in [-0.05, 0) is 18.2 Å². The highest BCUT2D eigenvalue weighted by atomic mass is 19.1. The fourth-order valence-electron chi connectivity index (χ4n) is 1.76. The Labute approximate surface area is 120 Å². The molecule has 2 aromatic rings. The van der Waals surface area contributed by atoms with Crippen LogP contribution in [0.25, 0.3) is 0 Å². The number of amides is 1. The van der Waals surface area contributed by atoms with E-state index in [0.717, 1.165) is 0 Å². The van der Waals surface area contributed by atoms with Crippen molar-refractivity contribution in [2.75, 3.05) is 11.9 Å². The second-order valence-electron chi connectivity index (χ2n) is 4.25. The topological polar surface area (TPSA) is 64.3 Å². The van der Waals surface area contributed by atoms with Crippen LogP contribution in [0, 0.1) is 11.6 Å². The molecular formula is C15H14F2N2O2. The summed E-state index contributed by atoms with van der Waals surface area (Å²) in [7, 11) is 0. The minimum absolute atomic E-state index is 0.0404. The van der Waals surface area contributed by atoms with Crippen molar-refractivity contribution < 1.29 is 18.3 Å². The van der Waals surface area contributed by atoms with Gasteiger partial charge in [-0.15, -0.1) is 0 Å². The SMILES string of the molecule is NCc1cccc(F)c1OCC(=O)Nc1ccccc1F. The molecule has 21 heavy (non-hydrogen) atoms. The van der Waals surface area contributed by atoms with E-state index in [1.54, 1.807) is 12.1 Å². The minimum Gasteiger partial charge on any atom is -0.480 e. The van der Waals surface area contributed by atoms with Gasteiger partial charge in [0.2, 0.25) is 0 Å². The van der Waals surface area contributed by atoms with E-state index in [2.05, 4.69) is 5.32 Å². The largest absolute Gasteiger partial charge is 0.480 e. The summed E-state index contributed by atoms with van der Waals surface area (Å²) in [6, 6.07) is 10.1. The van der Waals surface area contributed by atoms with E-state index in [-0.39, 0.29) is 18.0 Å². The number of benzene rings is 2. The zero-order chi connectivity index (χ0) is 15.2. The van der Waals surface area contributed by atoms with Crippen molar-refractivity contribution >= 4 is 11.6 Å². The van der Waals surface area contributed by atoms with Crippen LogP contribution in [0.3, 0.4) is 0 Å². The van der Waals surface area contributed by atoms with Crippen molar-refractivity contribution in [2.24, 2.45) is 5.73 Å². The molecule has 0 saturated carbocycles. The van der Waals surface area contributed by atoms with Gasteiger partial charge in [0, 0.05) is 12.1 Å². The van der Waals surface area contributed by atoms with Gasteiger partial charge in [0.1, 0.15) is 5.82 Å². The first-order valence-electron chi connectivity index (χ1n) is 6.26. The molecule has 0 fully saturated rings. The summed E-state index contributed by atoms with van der Waals surface area (Å²) in [4.78, 5) is 11.7. The van der Waals surface area contributed by atoms with Crippen molar-refractivity contribution in [3.05, 3.63) is 59.7 Å². The van der Waals surface area contributed by atoms with Crippen molar-refractivity contribution in [3.8, 4) is 5.75 Å². The zero-order valence-corrected chi connectivity index (χ0v) is 11.1. The quantitative estimate of drug-likeness (QED) is 0.889. The number of halogens is 2. The lowest BCUT2D eigenvalue weighted by atomic mass is 10.2. The molecule has 0 aliphatic heterocycles. The molecule has 3 N–H and O–H groups in total. The molecule has 1 amide bonds. The number of rotatable bonds is 5. The number of anilines is 1. The summed E-state index contributed by atoms with van der Waals surface area (Å²) in [5.74, 6) is -1.81. The second kappa shape index (κ2) is 6.81. The number of nitrogens with two attached hydrogens (primary N) is 1. The molecule has 0 aliphatic rings. The van der Waals surface area contributed by atoms with Crippen LogP contribution >= 0.6 is 0 Å². The van der Waals surface area contributed by atoms with E-state index in [1.807, 2.05) is 0 Å². The molecule has 6 heteroatoms. The van der Waals surface area contributed by atoms with Gasteiger partial charge in [-0.1, -0.05) is 24.3 Å². The van der Waals surface area contributed by atoms with Crippen molar-refractivity contribution in [1.82, 2.24) is 0 Å². The van der Waals surface area contributed by atoms with Crippen LogP contribution in [0.1, 0.15) is 5.56 Å². The standard InChI is InChI=1S/C15H14F2N2O2/c16-11-5-1-2-7-13(11)19-14(20)9-21-15-10(8-18)4-3-6-12(15)17/h1-7H,8-9,18H2,(H,19,20). The average molecular weight is 292 g/mol. The van der Waals surface area contributed by atoms with Gasteiger partial charge < -0.3 is 15.8 Å². The molecule has 0 bridgehead atoms. The lowest BCUT2D eigenvalue weighted by Crippen LogP contribution is -2.21. The Morgan fingerprint density at radius 1 is 1.10 bits per heavy atom. The molecule has 0 saturated heterocycles. The Morgan fingerprint density at radius 2 is 1.81 bits per heavy atom. The van der Waals surface area contributed by atoms with Crippen molar-refractivity contribution in [3.63, 3.8) is 0 Å². The molecular weight excluding hydrogens is 278 g/mol. The number of ether oxygens (including phenoxy) is 1. The van der Waals surface area contributed by atoms with Crippen LogP contribution in [0.4, 0.5) is 14.5 Å². The first-order valence-corrected chi connectivity index (χ1v) is 6.26. The molecule has 0 spiro atoms. The molecule has 0 radical (unpaired) electrons. The molecule has 0 aromatic heterocycles. The molecule has 0 atom stereocenters. The van der Waals surface area contributed by atoms with Gasteiger partial charge in [0.15, 0.2) is 18.2 Å². The number of hydrogen-bond acceptors (Lipinski definition) is 3. The molecule has 4 nitrogen and oxygen atoms in total. The highest BCUT2D eigenvalue weighted by Crippen LogP contribution is 2.22. The number of carbonyl (C=O) groups is 1. The van der Waals surface area contributed by atoms with Gasteiger partial charge in [-0.3, -0.25) is 4.79 Å². The van der Waals surface area contributed by atoms with E-state index in [0.29, 0.717) is 5.56 Å². The molecule has 2 aromatic carbocycles. The predicted molar refractivity (Wildman–Crippen MR) is 74.8 cm³/mol. The number of para-hydroxylation sites is 2. The van der Waals surface area contributed by atoms with Crippen LogP contribution in [0.5, 0.6) is 5.75 Å². The summed E-state index contributed by atoms with van der Waals surface area (Å²) in [6.45, 7) is -0.357. The molecule has 0 unspecified atom stereocenters. The molecule has 110 valence electrons. The summed E-state index contributed by atoms with van der Waals surface area (Å²) in [5, 5.41) is 2.34. The smallest absolute Gasteiger partial charge is 0.262 e. The van der Waals surface area contributed by atoms with Gasteiger partial charge in [-0.25, -0.2) is 8.78 Å². The van der Waals surface area contributed by atoms with E-state index in [1.165, 1.54) is 30.3 Å². The Kier molecular flexibility index (Phi) is 4.84. The number of hydrogen-bond donors (Lipinski definition) is 2. The van der Waals surface area contributed by atoms with Gasteiger partial charge in [0.05, 0.1) is 5.69 Å². The van der Waals surface area contributed by atoms with Gasteiger partial charge >= 0.3 is 0 Å². The van der Waals surface area contributed by atoms with Gasteiger partial charge in [0.25, 0.3) is 5.91 Å². The Morgan fingerprint density at radius 3 is 2.52 bits per heavy atom. The maximum atomic E-state index is 13.6. The van der Waals surface area contributed by atoms with Crippen LogP contribution in [0.2, 0.25) is 0 Å². The number of nitrogens with one attached hydrogen (secondary N) is 1. The first-order chi connectivity index (χ1) is 10.1. The average Bonchev–Trinajstić information content (AvgIpc) is 2.48. The van der Waals surface area contributed by atoms with Crippen molar-refractivity contribution in [2.45, 2.75) is 6.54 Å². The summed E-state index contributed by atoms with van der Waals surface area (Å²) >= 11 is 0. The fourth-order valence-corrected chi connectivity index (χ4v) is 1.76. The highest BCUT2D eigenvalue weighted by Gasteiger charge is 2.12. The normalized spacial score (nSPS) is 10.2. The summed E-state index contributed by atoms with van der Waals surface area (Å²) < 4.78 is 32.1. The highest BCUT2D eigenvalue weighted by molar-refractivity contribution is 5.91. The summed E-state index contributed by atoms with van der Waals surface area (Å²) in [6.07, 6.45) is 0. The second-order valence-corrected chi connectivity index (χ2v) is 4.25. The Balaban J connectivity index is 2.01. The lowest BCUT2D eigenvalue weighted by Gasteiger charge is -2.11. The Hall–Kier alpha value is -2.47. The third-order valence-electron chi connectivity index (χ3n) is 2.76. The minimum atomic E-state index is -0.600. The third-order valence-corrected chi connectivity index (χ3v) is 2.76. The monoisotopic (exact) mass is 292 g/mol. The van der Waals surface area contributed by atoms with E-state index in [9.17, 15) is 13.6 Å². The van der Waals surface area contributed by atoms with Crippen LogP contribution in [-0.4, -0.2) is 12.5 Å². The summed E-state index contributed by atoms with van der Waals surface area (Å²) in [5.41, 5.74) is 5.97. The van der Waals surface area contributed by atoms with Crippen LogP contribution in [0.15, 0.2) is 42.5 Å². The maximum Gasteiger partial charge on any atom is 0.262 e. The van der Waals surface area contributed by atoms with Crippen molar-refractivity contribution in [1.29, 1.82) is 0 Å². The fraction of sp³-hybridized carbons (Fsp3) is 0.133. The molecule has 0 aliphatic carbocycles. The maximum absolute atomic E-state index is 13.6. The first kappa shape index (κ1) is 14.9. The zero-order valence-electron chi connectivity index (χ0n) is 11.1. The van der Waals surface area contributed by atoms with E-state index >= 15 is 0 Å². The van der Waals surface area contributed by atoms with Crippen LogP contribution < -0.4 is 15.8 Å². The third kappa shape index (κ3) is 3.76. The van der Waals surface area contributed by atoms with Gasteiger partial charge in [-0.2, -0.15) is 0 Å². The number of carbonyl (C=O) groups excluding carboxylic acids is 1.